The molecule has 0 spiro atoms. The van der Waals surface area contributed by atoms with Crippen LogP contribution in [0.4, 0.5) is 0 Å². The number of aliphatic hydroxyl groups excluding tert-OH is 1. The lowest BCUT2D eigenvalue weighted by atomic mass is 9.78. The lowest BCUT2D eigenvalue weighted by Gasteiger charge is -2.32. The average Bonchev–Trinajstić information content (AvgIpc) is 2.99. The van der Waals surface area contributed by atoms with E-state index >= 15 is 0 Å². The third-order valence-electron chi connectivity index (χ3n) is 4.34. The Hall–Kier alpha value is -0.680. The first kappa shape index (κ1) is 14.3. The summed E-state index contributed by atoms with van der Waals surface area (Å²) in [5.74, 6) is 0. The van der Waals surface area contributed by atoms with Gasteiger partial charge in [0.1, 0.15) is 0 Å². The van der Waals surface area contributed by atoms with Crippen molar-refractivity contribution in [2.45, 2.75) is 25.9 Å². The molecule has 106 valence electrons. The maximum Gasteiger partial charge on any atom is 0.0956 e. The zero-order valence-electron chi connectivity index (χ0n) is 11.4. The second kappa shape index (κ2) is 5.26. The van der Waals surface area contributed by atoms with Crippen molar-refractivity contribution >= 4 is 27.3 Å². The number of benzene rings is 1. The molecule has 0 amide bonds. The van der Waals surface area contributed by atoms with E-state index in [1.54, 1.807) is 11.3 Å². The van der Waals surface area contributed by atoms with Crippen LogP contribution in [-0.4, -0.2) is 11.7 Å². The monoisotopic (exact) mass is 351 g/mol. The van der Waals surface area contributed by atoms with Crippen LogP contribution in [0.2, 0.25) is 0 Å². The molecule has 1 unspecified atom stereocenters. The van der Waals surface area contributed by atoms with Crippen molar-refractivity contribution in [1.82, 2.24) is 0 Å². The van der Waals surface area contributed by atoms with E-state index < -0.39 is 6.10 Å². The summed E-state index contributed by atoms with van der Waals surface area (Å²) < 4.78 is 1.07. The van der Waals surface area contributed by atoms with Crippen molar-refractivity contribution < 1.29 is 5.11 Å². The smallest absolute Gasteiger partial charge is 0.0956 e. The fourth-order valence-electron chi connectivity index (χ4n) is 3.09. The van der Waals surface area contributed by atoms with Gasteiger partial charge in [0.2, 0.25) is 0 Å². The van der Waals surface area contributed by atoms with Crippen LogP contribution in [0.3, 0.4) is 0 Å². The molecule has 1 aliphatic carbocycles. The Balaban J connectivity index is 1.95. The van der Waals surface area contributed by atoms with Gasteiger partial charge in [-0.05, 0) is 52.9 Å². The van der Waals surface area contributed by atoms with Gasteiger partial charge in [-0.25, -0.2) is 0 Å². The average molecular weight is 352 g/mol. The van der Waals surface area contributed by atoms with Crippen molar-refractivity contribution in [2.24, 2.45) is 11.1 Å². The molecule has 1 heterocycles. The Morgan fingerprint density at radius 3 is 2.40 bits per heavy atom. The molecular weight excluding hydrogens is 334 g/mol. The molecule has 0 bridgehead atoms. The molecule has 1 aromatic heterocycles. The molecule has 0 saturated heterocycles. The second-order valence-corrected chi connectivity index (χ2v) is 7.79. The zero-order chi connectivity index (χ0) is 14.3. The van der Waals surface area contributed by atoms with Gasteiger partial charge < -0.3 is 10.8 Å². The predicted molar refractivity (Wildman–Crippen MR) is 87.1 cm³/mol. The summed E-state index contributed by atoms with van der Waals surface area (Å²) in [6.07, 6.45) is 1.21. The Labute approximate surface area is 131 Å². The summed E-state index contributed by atoms with van der Waals surface area (Å²) in [5, 5.41) is 10.9. The van der Waals surface area contributed by atoms with Crippen LogP contribution in [-0.2, 0) is 12.8 Å². The molecular formula is C16H18BrNOS. The summed E-state index contributed by atoms with van der Waals surface area (Å²) in [5.41, 5.74) is 8.45. The zero-order valence-corrected chi connectivity index (χ0v) is 13.8. The molecule has 1 aromatic carbocycles. The van der Waals surface area contributed by atoms with Gasteiger partial charge in [-0.2, -0.15) is 0 Å². The fraction of sp³-hybridized carbons (Fsp3) is 0.375. The van der Waals surface area contributed by atoms with Gasteiger partial charge in [0.05, 0.1) is 6.10 Å². The van der Waals surface area contributed by atoms with Gasteiger partial charge >= 0.3 is 0 Å². The molecule has 4 heteroatoms. The Kier molecular flexibility index (Phi) is 3.75. The van der Waals surface area contributed by atoms with Gasteiger partial charge in [-0.1, -0.05) is 24.3 Å². The van der Waals surface area contributed by atoms with E-state index in [0.717, 1.165) is 22.2 Å². The van der Waals surface area contributed by atoms with Gasteiger partial charge in [-0.3, -0.25) is 0 Å². The standard InChI is InChI=1S/C16H18BrNOS/c1-10-13(17)6-14(20-10)15(19)16(9-18)7-11-4-2-3-5-12(11)8-16/h2-6,15,19H,7-9,18H2,1H3. The van der Waals surface area contributed by atoms with Crippen LogP contribution in [0.15, 0.2) is 34.8 Å². The third kappa shape index (κ3) is 2.25. The first-order valence-electron chi connectivity index (χ1n) is 6.76. The lowest BCUT2D eigenvalue weighted by molar-refractivity contribution is 0.0386. The van der Waals surface area contributed by atoms with Gasteiger partial charge in [0.25, 0.3) is 0 Å². The van der Waals surface area contributed by atoms with Crippen LogP contribution >= 0.6 is 27.3 Å². The number of nitrogens with two attached hydrogens (primary N) is 1. The number of hydrogen-bond donors (Lipinski definition) is 2. The van der Waals surface area contributed by atoms with E-state index in [1.807, 2.05) is 6.07 Å². The Morgan fingerprint density at radius 1 is 1.35 bits per heavy atom. The Bertz CT molecular complexity index is 593. The summed E-state index contributed by atoms with van der Waals surface area (Å²) in [7, 11) is 0. The minimum Gasteiger partial charge on any atom is -0.387 e. The maximum atomic E-state index is 10.9. The van der Waals surface area contributed by atoms with Gasteiger partial charge in [-0.15, -0.1) is 11.3 Å². The van der Waals surface area contributed by atoms with Crippen molar-refractivity contribution in [1.29, 1.82) is 0 Å². The summed E-state index contributed by atoms with van der Waals surface area (Å²) in [4.78, 5) is 2.20. The van der Waals surface area contributed by atoms with Gasteiger partial charge in [0, 0.05) is 26.2 Å². The third-order valence-corrected chi connectivity index (χ3v) is 6.52. The summed E-state index contributed by atoms with van der Waals surface area (Å²) in [6, 6.07) is 10.4. The number of rotatable bonds is 3. The van der Waals surface area contributed by atoms with Crippen LogP contribution in [0.1, 0.15) is 27.0 Å². The quantitative estimate of drug-likeness (QED) is 0.887. The normalized spacial score (nSPS) is 18.0. The lowest BCUT2D eigenvalue weighted by Crippen LogP contribution is -2.37. The summed E-state index contributed by atoms with van der Waals surface area (Å²) >= 11 is 5.18. The number of thiophene rings is 1. The van der Waals surface area contributed by atoms with E-state index in [0.29, 0.717) is 6.54 Å². The molecule has 3 N–H and O–H groups in total. The van der Waals surface area contributed by atoms with E-state index in [-0.39, 0.29) is 5.41 Å². The molecule has 0 saturated carbocycles. The number of aryl methyl sites for hydroxylation is 1. The highest BCUT2D eigenvalue weighted by atomic mass is 79.9. The van der Waals surface area contributed by atoms with Crippen LogP contribution in [0.25, 0.3) is 0 Å². The number of aliphatic hydroxyl groups is 1. The molecule has 2 nitrogen and oxygen atoms in total. The first-order valence-corrected chi connectivity index (χ1v) is 8.37. The predicted octanol–water partition coefficient (Wildman–Crippen LogP) is 3.60. The maximum absolute atomic E-state index is 10.9. The number of halogens is 1. The molecule has 1 aliphatic rings. The minimum atomic E-state index is -0.505. The molecule has 2 aromatic rings. The fourth-order valence-corrected chi connectivity index (χ4v) is 4.78. The number of fused-ring (bicyclic) bond motifs is 1. The first-order chi connectivity index (χ1) is 9.55. The SMILES string of the molecule is Cc1sc(C(O)C2(CN)Cc3ccccc3C2)cc1Br. The van der Waals surface area contributed by atoms with Crippen LogP contribution in [0.5, 0.6) is 0 Å². The van der Waals surface area contributed by atoms with E-state index in [9.17, 15) is 5.11 Å². The van der Waals surface area contributed by atoms with Crippen molar-refractivity contribution in [3.05, 3.63) is 55.7 Å². The topological polar surface area (TPSA) is 46.2 Å². The molecule has 1 atom stereocenters. The van der Waals surface area contributed by atoms with Gasteiger partial charge in [0.15, 0.2) is 0 Å². The molecule has 0 fully saturated rings. The molecule has 3 rings (SSSR count). The van der Waals surface area contributed by atoms with E-state index in [1.165, 1.54) is 16.0 Å². The largest absolute Gasteiger partial charge is 0.387 e. The van der Waals surface area contributed by atoms with E-state index in [4.69, 9.17) is 5.73 Å². The van der Waals surface area contributed by atoms with Crippen LogP contribution < -0.4 is 5.73 Å². The second-order valence-electron chi connectivity index (χ2n) is 5.64. The van der Waals surface area contributed by atoms with E-state index in [2.05, 4.69) is 47.1 Å². The molecule has 20 heavy (non-hydrogen) atoms. The van der Waals surface area contributed by atoms with Crippen molar-refractivity contribution in [3.63, 3.8) is 0 Å². The van der Waals surface area contributed by atoms with Crippen molar-refractivity contribution in [2.75, 3.05) is 6.54 Å². The number of hydrogen-bond acceptors (Lipinski definition) is 3. The molecule has 0 aliphatic heterocycles. The highest BCUT2D eigenvalue weighted by Gasteiger charge is 2.43. The highest BCUT2D eigenvalue weighted by Crippen LogP contribution is 2.47. The molecule has 0 radical (unpaired) electrons. The van der Waals surface area contributed by atoms with Crippen molar-refractivity contribution in [3.8, 4) is 0 Å². The highest BCUT2D eigenvalue weighted by molar-refractivity contribution is 9.10. The van der Waals surface area contributed by atoms with Crippen LogP contribution in [0, 0.1) is 12.3 Å². The Morgan fingerprint density at radius 2 is 1.95 bits per heavy atom. The summed E-state index contributed by atoms with van der Waals surface area (Å²) in [6.45, 7) is 2.56. The minimum absolute atomic E-state index is 0.263.